The maximum Gasteiger partial charge on any atom is 0.322 e. The quantitative estimate of drug-likeness (QED) is 0.919. The SMILES string of the molecule is Cc1cc(C)c(C)c(Oc2ncc(CO)c(C)n2)c1. The van der Waals surface area contributed by atoms with Gasteiger partial charge in [0.1, 0.15) is 5.75 Å². The van der Waals surface area contributed by atoms with E-state index in [1.165, 1.54) is 5.56 Å². The molecule has 0 atom stereocenters. The summed E-state index contributed by atoms with van der Waals surface area (Å²) in [5.74, 6) is 0.772. The Morgan fingerprint density at radius 2 is 1.89 bits per heavy atom. The van der Waals surface area contributed by atoms with E-state index in [4.69, 9.17) is 9.84 Å². The topological polar surface area (TPSA) is 55.2 Å². The monoisotopic (exact) mass is 258 g/mol. The second-order valence-corrected chi connectivity index (χ2v) is 4.73. The minimum absolute atomic E-state index is 0.0608. The van der Waals surface area contributed by atoms with Crippen molar-refractivity contribution in [2.24, 2.45) is 0 Å². The Balaban J connectivity index is 2.33. The Morgan fingerprint density at radius 1 is 1.16 bits per heavy atom. The third-order valence-corrected chi connectivity index (χ3v) is 3.19. The lowest BCUT2D eigenvalue weighted by molar-refractivity contribution is 0.279. The normalized spacial score (nSPS) is 10.6. The fourth-order valence-electron chi connectivity index (χ4n) is 1.88. The van der Waals surface area contributed by atoms with Crippen LogP contribution in [0, 0.1) is 27.7 Å². The van der Waals surface area contributed by atoms with Crippen LogP contribution in [0.4, 0.5) is 0 Å². The van der Waals surface area contributed by atoms with Gasteiger partial charge in [0.05, 0.1) is 12.3 Å². The zero-order valence-corrected chi connectivity index (χ0v) is 11.7. The fourth-order valence-corrected chi connectivity index (χ4v) is 1.88. The lowest BCUT2D eigenvalue weighted by Gasteiger charge is -2.11. The van der Waals surface area contributed by atoms with Crippen LogP contribution in [0.2, 0.25) is 0 Å². The molecular weight excluding hydrogens is 240 g/mol. The van der Waals surface area contributed by atoms with Gasteiger partial charge in [-0.3, -0.25) is 0 Å². The minimum Gasteiger partial charge on any atom is -0.424 e. The molecule has 2 aromatic rings. The third kappa shape index (κ3) is 2.90. The van der Waals surface area contributed by atoms with Gasteiger partial charge in [0.2, 0.25) is 0 Å². The Morgan fingerprint density at radius 3 is 2.53 bits per heavy atom. The zero-order chi connectivity index (χ0) is 14.0. The molecule has 0 saturated carbocycles. The smallest absolute Gasteiger partial charge is 0.322 e. The average molecular weight is 258 g/mol. The van der Waals surface area contributed by atoms with Crippen molar-refractivity contribution >= 4 is 0 Å². The molecule has 4 heteroatoms. The van der Waals surface area contributed by atoms with Crippen LogP contribution in [0.1, 0.15) is 27.9 Å². The van der Waals surface area contributed by atoms with Gasteiger partial charge in [-0.15, -0.1) is 0 Å². The molecule has 0 aliphatic rings. The zero-order valence-electron chi connectivity index (χ0n) is 11.7. The molecule has 0 amide bonds. The molecular formula is C15H18N2O2. The standard InChI is InChI=1S/C15H18N2O2/c1-9-5-10(2)11(3)14(6-9)19-15-16-7-13(8-18)12(4)17-15/h5-7,18H,8H2,1-4H3. The molecule has 4 nitrogen and oxygen atoms in total. The molecule has 1 aromatic heterocycles. The van der Waals surface area contributed by atoms with Crippen molar-refractivity contribution in [1.82, 2.24) is 9.97 Å². The predicted octanol–water partition coefficient (Wildman–Crippen LogP) is 2.99. The van der Waals surface area contributed by atoms with E-state index in [-0.39, 0.29) is 6.61 Å². The number of nitrogens with zero attached hydrogens (tertiary/aromatic N) is 2. The molecule has 0 saturated heterocycles. The molecule has 2 rings (SSSR count). The van der Waals surface area contributed by atoms with Crippen LogP contribution in [0.25, 0.3) is 0 Å². The Hall–Kier alpha value is -1.94. The number of ether oxygens (including phenoxy) is 1. The van der Waals surface area contributed by atoms with E-state index in [1.54, 1.807) is 6.20 Å². The van der Waals surface area contributed by atoms with Gasteiger partial charge in [-0.05, 0) is 50.5 Å². The number of aliphatic hydroxyl groups excluding tert-OH is 1. The predicted molar refractivity (Wildman–Crippen MR) is 73.4 cm³/mol. The molecule has 19 heavy (non-hydrogen) atoms. The molecule has 0 spiro atoms. The highest BCUT2D eigenvalue weighted by molar-refractivity contribution is 5.43. The summed E-state index contributed by atoms with van der Waals surface area (Å²) in [6.45, 7) is 7.86. The summed E-state index contributed by atoms with van der Waals surface area (Å²) in [7, 11) is 0. The fraction of sp³-hybridized carbons (Fsp3) is 0.333. The van der Waals surface area contributed by atoms with E-state index in [0.29, 0.717) is 11.6 Å². The molecule has 1 aromatic carbocycles. The summed E-state index contributed by atoms with van der Waals surface area (Å²) in [6.07, 6.45) is 1.59. The third-order valence-electron chi connectivity index (χ3n) is 3.19. The molecule has 0 radical (unpaired) electrons. The van der Waals surface area contributed by atoms with Crippen molar-refractivity contribution in [3.05, 3.63) is 46.3 Å². The second-order valence-electron chi connectivity index (χ2n) is 4.73. The first-order valence-corrected chi connectivity index (χ1v) is 6.20. The van der Waals surface area contributed by atoms with Gasteiger partial charge in [0.25, 0.3) is 0 Å². The van der Waals surface area contributed by atoms with Crippen LogP contribution < -0.4 is 4.74 Å². The highest BCUT2D eigenvalue weighted by Gasteiger charge is 2.08. The summed E-state index contributed by atoms with van der Waals surface area (Å²) in [4.78, 5) is 8.36. The van der Waals surface area contributed by atoms with Crippen LogP contribution >= 0.6 is 0 Å². The van der Waals surface area contributed by atoms with Crippen LogP contribution in [0.3, 0.4) is 0 Å². The number of aryl methyl sites for hydroxylation is 3. The van der Waals surface area contributed by atoms with Crippen molar-refractivity contribution in [3.63, 3.8) is 0 Å². The number of aliphatic hydroxyl groups is 1. The van der Waals surface area contributed by atoms with E-state index in [2.05, 4.69) is 23.0 Å². The molecule has 100 valence electrons. The molecule has 0 bridgehead atoms. The maximum absolute atomic E-state index is 9.10. The number of hydrogen-bond acceptors (Lipinski definition) is 4. The van der Waals surface area contributed by atoms with E-state index in [1.807, 2.05) is 26.8 Å². The van der Waals surface area contributed by atoms with Crippen molar-refractivity contribution in [2.45, 2.75) is 34.3 Å². The van der Waals surface area contributed by atoms with Crippen LogP contribution in [-0.4, -0.2) is 15.1 Å². The van der Waals surface area contributed by atoms with Gasteiger partial charge in [-0.2, -0.15) is 4.98 Å². The number of rotatable bonds is 3. The molecule has 1 N–H and O–H groups in total. The second kappa shape index (κ2) is 5.36. The maximum atomic E-state index is 9.10. The van der Waals surface area contributed by atoms with E-state index in [0.717, 1.165) is 22.6 Å². The molecule has 1 heterocycles. The lowest BCUT2D eigenvalue weighted by atomic mass is 10.1. The summed E-state index contributed by atoms with van der Waals surface area (Å²) >= 11 is 0. The van der Waals surface area contributed by atoms with E-state index in [9.17, 15) is 0 Å². The van der Waals surface area contributed by atoms with Gasteiger partial charge in [0, 0.05) is 11.8 Å². The van der Waals surface area contributed by atoms with Gasteiger partial charge >= 0.3 is 6.01 Å². The van der Waals surface area contributed by atoms with Gasteiger partial charge in [-0.25, -0.2) is 4.98 Å². The van der Waals surface area contributed by atoms with Gasteiger partial charge in [-0.1, -0.05) is 6.07 Å². The lowest BCUT2D eigenvalue weighted by Crippen LogP contribution is -2.00. The van der Waals surface area contributed by atoms with Crippen molar-refractivity contribution in [2.75, 3.05) is 0 Å². The average Bonchev–Trinajstić information content (AvgIpc) is 2.35. The minimum atomic E-state index is -0.0608. The Labute approximate surface area is 113 Å². The van der Waals surface area contributed by atoms with Crippen molar-refractivity contribution in [1.29, 1.82) is 0 Å². The number of aromatic nitrogens is 2. The Kier molecular flexibility index (Phi) is 3.81. The molecule has 0 unspecified atom stereocenters. The Bertz CT molecular complexity index is 609. The summed E-state index contributed by atoms with van der Waals surface area (Å²) in [5.41, 5.74) is 4.85. The highest BCUT2D eigenvalue weighted by Crippen LogP contribution is 2.26. The number of benzene rings is 1. The van der Waals surface area contributed by atoms with E-state index >= 15 is 0 Å². The molecule has 0 fully saturated rings. The van der Waals surface area contributed by atoms with Gasteiger partial charge < -0.3 is 9.84 Å². The molecule has 0 aliphatic heterocycles. The van der Waals surface area contributed by atoms with E-state index < -0.39 is 0 Å². The first-order chi connectivity index (χ1) is 9.01. The summed E-state index contributed by atoms with van der Waals surface area (Å²) in [6, 6.07) is 4.40. The van der Waals surface area contributed by atoms with Crippen molar-refractivity contribution < 1.29 is 9.84 Å². The van der Waals surface area contributed by atoms with Gasteiger partial charge in [0.15, 0.2) is 0 Å². The van der Waals surface area contributed by atoms with Crippen molar-refractivity contribution in [3.8, 4) is 11.8 Å². The number of hydrogen-bond donors (Lipinski definition) is 1. The van der Waals surface area contributed by atoms with Crippen LogP contribution in [0.5, 0.6) is 11.8 Å². The first kappa shape index (κ1) is 13.5. The summed E-state index contributed by atoms with van der Waals surface area (Å²) in [5, 5.41) is 9.10. The largest absolute Gasteiger partial charge is 0.424 e. The summed E-state index contributed by atoms with van der Waals surface area (Å²) < 4.78 is 5.75. The van der Waals surface area contributed by atoms with Crippen LogP contribution in [0.15, 0.2) is 18.3 Å². The molecule has 0 aliphatic carbocycles. The van der Waals surface area contributed by atoms with Crippen LogP contribution in [-0.2, 0) is 6.61 Å². The first-order valence-electron chi connectivity index (χ1n) is 6.20. The highest BCUT2D eigenvalue weighted by atomic mass is 16.5.